The number of aliphatic imine (C=N–C) groups is 1. The van der Waals surface area contributed by atoms with Gasteiger partial charge in [-0.15, -0.1) is 0 Å². The molecule has 0 aliphatic carbocycles. The molecule has 0 amide bonds. The van der Waals surface area contributed by atoms with Crippen molar-refractivity contribution in [3.8, 4) is 5.88 Å². The molecule has 2 heterocycles. The fourth-order valence-electron chi connectivity index (χ4n) is 2.74. The molecule has 32 heavy (non-hydrogen) atoms. The van der Waals surface area contributed by atoms with Gasteiger partial charge in [0, 0.05) is 13.1 Å². The average molecular weight is 446 g/mol. The topological polar surface area (TPSA) is 61.5 Å². The summed E-state index contributed by atoms with van der Waals surface area (Å²) in [6, 6.07) is 10.9. The molecule has 0 N–H and O–H groups in total. The van der Waals surface area contributed by atoms with Gasteiger partial charge >= 0.3 is 0 Å². The lowest BCUT2D eigenvalue weighted by molar-refractivity contribution is 0.281. The molecule has 9 heteroatoms. The number of methoxy groups -OCH3 is 1. The predicted octanol–water partition coefficient (Wildman–Crippen LogP) is 5.04. The van der Waals surface area contributed by atoms with E-state index in [1.54, 1.807) is 25.0 Å². The molecule has 0 saturated carbocycles. The zero-order chi connectivity index (χ0) is 23.5. The number of rotatable bonds is 7. The molecule has 3 aromatic rings. The summed E-state index contributed by atoms with van der Waals surface area (Å²) in [4.78, 5) is 8.46. The highest BCUT2D eigenvalue weighted by molar-refractivity contribution is 5.98. The van der Waals surface area contributed by atoms with Crippen LogP contribution < -0.4 is 4.74 Å². The lowest BCUT2D eigenvalue weighted by Crippen LogP contribution is -2.11. The van der Waals surface area contributed by atoms with E-state index in [1.165, 1.54) is 17.7 Å². The Morgan fingerprint density at radius 2 is 1.81 bits per heavy atom. The normalized spacial score (nSPS) is 10.9. The van der Waals surface area contributed by atoms with Crippen molar-refractivity contribution < 1.29 is 22.6 Å². The Morgan fingerprint density at radius 3 is 2.38 bits per heavy atom. The van der Waals surface area contributed by atoms with Crippen molar-refractivity contribution in [2.45, 2.75) is 20.0 Å². The molecule has 0 fully saturated rings. The molecule has 0 atom stereocenters. The van der Waals surface area contributed by atoms with Crippen LogP contribution in [0.5, 0.6) is 5.88 Å². The van der Waals surface area contributed by atoms with E-state index in [1.807, 2.05) is 12.1 Å². The smallest absolute Gasteiger partial charge is 0.229 e. The quantitative estimate of drug-likeness (QED) is 0.377. The molecule has 170 valence electrons. The monoisotopic (exact) mass is 446 g/mol. The van der Waals surface area contributed by atoms with Crippen molar-refractivity contribution in [2.75, 3.05) is 14.0 Å². The first-order valence-corrected chi connectivity index (χ1v) is 9.71. The number of alkyl halides is 2. The number of ether oxygens (including phenoxy) is 2. The van der Waals surface area contributed by atoms with Gasteiger partial charge in [-0.25, -0.2) is 23.1 Å². The maximum atomic E-state index is 13.0. The fourth-order valence-corrected chi connectivity index (χ4v) is 2.74. The summed E-state index contributed by atoms with van der Waals surface area (Å²) in [5, 5.41) is 4.28. The molecule has 0 radical (unpaired) electrons. The van der Waals surface area contributed by atoms with Gasteiger partial charge in [-0.2, -0.15) is 5.10 Å². The van der Waals surface area contributed by atoms with Crippen molar-refractivity contribution in [3.63, 3.8) is 0 Å². The predicted molar refractivity (Wildman–Crippen MR) is 117 cm³/mol. The van der Waals surface area contributed by atoms with Crippen LogP contribution in [0.2, 0.25) is 0 Å². The van der Waals surface area contributed by atoms with Gasteiger partial charge in [-0.05, 0) is 23.6 Å². The molecule has 0 aliphatic heterocycles. The van der Waals surface area contributed by atoms with E-state index in [-0.39, 0.29) is 6.61 Å². The van der Waals surface area contributed by atoms with Gasteiger partial charge in [0.1, 0.15) is 12.4 Å². The molecule has 0 saturated heterocycles. The van der Waals surface area contributed by atoms with Crippen molar-refractivity contribution in [3.05, 3.63) is 83.6 Å². The molecule has 0 spiro atoms. The second-order valence-electron chi connectivity index (χ2n) is 6.45. The number of hydrogen-bond acceptors (Lipinski definition) is 5. The number of benzene rings is 1. The Labute approximate surface area is 185 Å². The maximum Gasteiger partial charge on any atom is 0.229 e. The van der Waals surface area contributed by atoms with Crippen LogP contribution in [0.15, 0.2) is 60.4 Å². The first-order chi connectivity index (χ1) is 15.4. The summed E-state index contributed by atoms with van der Waals surface area (Å²) >= 11 is 0. The Balaban J connectivity index is 0.00000114. The summed E-state index contributed by atoms with van der Waals surface area (Å²) in [5.41, 5.74) is 4.17. The number of hydrogen-bond donors (Lipinski definition) is 0. The number of nitrogens with zero attached hydrogens (tertiary/aromatic N) is 4. The third-order valence-corrected chi connectivity index (χ3v) is 4.47. The van der Waals surface area contributed by atoms with Gasteiger partial charge in [0.15, 0.2) is 0 Å². The highest BCUT2D eigenvalue weighted by Gasteiger charge is 2.17. The van der Waals surface area contributed by atoms with E-state index in [4.69, 9.17) is 9.47 Å². The third kappa shape index (κ3) is 6.69. The van der Waals surface area contributed by atoms with E-state index in [9.17, 15) is 13.2 Å². The minimum absolute atomic E-state index is 0.171. The number of halogens is 3. The minimum atomic E-state index is -1.75. The molecular formula is C23H25F3N4O2. The van der Waals surface area contributed by atoms with E-state index in [0.717, 1.165) is 23.9 Å². The largest absolute Gasteiger partial charge is 0.480 e. The highest BCUT2D eigenvalue weighted by atomic mass is 19.3. The first kappa shape index (κ1) is 24.6. The second kappa shape index (κ2) is 12.3. The van der Waals surface area contributed by atoms with Gasteiger partial charge in [0.05, 0.1) is 36.5 Å². The van der Waals surface area contributed by atoms with Gasteiger partial charge in [0.25, 0.3) is 0 Å². The van der Waals surface area contributed by atoms with Crippen LogP contribution in [0, 0.1) is 5.82 Å². The molecular weight excluding hydrogens is 421 g/mol. The molecule has 0 aliphatic rings. The van der Waals surface area contributed by atoms with Crippen LogP contribution >= 0.6 is 0 Å². The van der Waals surface area contributed by atoms with Crippen LogP contribution in [0.4, 0.5) is 13.2 Å². The van der Waals surface area contributed by atoms with Gasteiger partial charge in [-0.1, -0.05) is 37.8 Å². The lowest BCUT2D eigenvalue weighted by Gasteiger charge is -2.10. The van der Waals surface area contributed by atoms with E-state index in [0.29, 0.717) is 23.0 Å². The van der Waals surface area contributed by atoms with E-state index >= 15 is 0 Å². The first-order valence-electron chi connectivity index (χ1n) is 9.71. The summed E-state index contributed by atoms with van der Waals surface area (Å²) in [7, 11) is 3.34. The molecule has 6 nitrogen and oxygen atoms in total. The number of aryl methyl sites for hydroxylation is 2. The Morgan fingerprint density at radius 1 is 1.12 bits per heavy atom. The standard InChI is InChI=1S/C22H23FN4O2.CH2F2/c1-5-16-6-8-17(9-7-16)15(2)26-22(28-4)19-13-25-27(3)20(19)14-29-21-11-10-18(23)12-24-21;2-1-3/h6-13H,2,5,14H2,1,3-4H3;1H2. The number of aromatic nitrogens is 3. The number of pyridine rings is 1. The van der Waals surface area contributed by atoms with Crippen molar-refractivity contribution in [2.24, 2.45) is 12.0 Å². The van der Waals surface area contributed by atoms with Crippen LogP contribution in [0.25, 0.3) is 5.70 Å². The Hall–Kier alpha value is -3.62. The average Bonchev–Trinajstić information content (AvgIpc) is 3.17. The zero-order valence-electron chi connectivity index (χ0n) is 18.2. The minimum Gasteiger partial charge on any atom is -0.480 e. The summed E-state index contributed by atoms with van der Waals surface area (Å²) in [6.45, 7) is 4.59. The van der Waals surface area contributed by atoms with E-state index < -0.39 is 12.7 Å². The van der Waals surface area contributed by atoms with Gasteiger partial charge in [0.2, 0.25) is 18.7 Å². The molecule has 2 aromatic heterocycles. The molecule has 0 unspecified atom stereocenters. The maximum absolute atomic E-state index is 13.0. The lowest BCUT2D eigenvalue weighted by atomic mass is 10.1. The summed E-state index contributed by atoms with van der Waals surface area (Å²) < 4.78 is 45.1. The fraction of sp³-hybridized carbons (Fsp3) is 0.261. The molecule has 0 bridgehead atoms. The Kier molecular flexibility index (Phi) is 9.46. The van der Waals surface area contributed by atoms with E-state index in [2.05, 4.69) is 40.7 Å². The van der Waals surface area contributed by atoms with Crippen LogP contribution in [0.1, 0.15) is 29.3 Å². The van der Waals surface area contributed by atoms with Crippen LogP contribution in [-0.2, 0) is 24.8 Å². The Bertz CT molecular complexity index is 1030. The highest BCUT2D eigenvalue weighted by Crippen LogP contribution is 2.19. The molecule has 3 rings (SSSR count). The van der Waals surface area contributed by atoms with Gasteiger partial charge < -0.3 is 9.47 Å². The third-order valence-electron chi connectivity index (χ3n) is 4.47. The second-order valence-corrected chi connectivity index (χ2v) is 6.45. The van der Waals surface area contributed by atoms with Crippen LogP contribution in [0.3, 0.4) is 0 Å². The van der Waals surface area contributed by atoms with Crippen molar-refractivity contribution >= 4 is 11.6 Å². The zero-order valence-corrected chi connectivity index (χ0v) is 18.2. The summed E-state index contributed by atoms with van der Waals surface area (Å²) in [5.74, 6) is 0.279. The van der Waals surface area contributed by atoms with Crippen molar-refractivity contribution in [1.82, 2.24) is 14.8 Å². The van der Waals surface area contributed by atoms with Crippen molar-refractivity contribution in [1.29, 1.82) is 0 Å². The van der Waals surface area contributed by atoms with Gasteiger partial charge in [-0.3, -0.25) is 4.68 Å². The van der Waals surface area contributed by atoms with Crippen LogP contribution in [-0.4, -0.2) is 34.7 Å². The molecule has 1 aromatic carbocycles. The summed E-state index contributed by atoms with van der Waals surface area (Å²) in [6.07, 6.45) is 3.74. The SMILES string of the molecule is C=C(N=C(OC)c1cnn(C)c1COc1ccc(F)cn1)c1ccc(CC)cc1.FCF.